The van der Waals surface area contributed by atoms with Crippen molar-refractivity contribution in [1.82, 2.24) is 20.0 Å². The van der Waals surface area contributed by atoms with Crippen LogP contribution in [0.4, 0.5) is 11.5 Å². The van der Waals surface area contributed by atoms with Crippen LogP contribution in [-0.2, 0) is 13.5 Å². The van der Waals surface area contributed by atoms with Crippen LogP contribution in [0.25, 0.3) is 21.8 Å². The number of benzene rings is 3. The third-order valence-electron chi connectivity index (χ3n) is 5.22. The van der Waals surface area contributed by atoms with Gasteiger partial charge in [-0.15, -0.1) is 5.10 Å². The molecule has 3 aromatic carbocycles. The van der Waals surface area contributed by atoms with Gasteiger partial charge in [-0.05, 0) is 53.4 Å². The molecule has 0 fully saturated rings. The molecule has 2 aromatic heterocycles. The molecule has 0 atom stereocenters. The summed E-state index contributed by atoms with van der Waals surface area (Å²) in [5.41, 5.74) is 4.04. The van der Waals surface area contributed by atoms with E-state index < -0.39 is 0 Å². The maximum Gasteiger partial charge on any atom is 0.167 e. The summed E-state index contributed by atoms with van der Waals surface area (Å²) in [6.45, 7) is 0. The number of pyridine rings is 1. The Kier molecular flexibility index (Phi) is 4.84. The maximum atomic E-state index is 12.9. The van der Waals surface area contributed by atoms with Crippen LogP contribution in [0.1, 0.15) is 15.9 Å². The van der Waals surface area contributed by atoms with Crippen molar-refractivity contribution in [1.29, 1.82) is 0 Å². The summed E-state index contributed by atoms with van der Waals surface area (Å²) in [5.74, 6) is 0.721. The van der Waals surface area contributed by atoms with Crippen LogP contribution >= 0.6 is 11.6 Å². The topological polar surface area (TPSA) is 72.7 Å². The lowest BCUT2D eigenvalue weighted by Crippen LogP contribution is -2.04. The third kappa shape index (κ3) is 3.85. The predicted octanol–water partition coefficient (Wildman–Crippen LogP) is 5.34. The number of nitrogens with one attached hydrogen (secondary N) is 1. The van der Waals surface area contributed by atoms with Crippen LogP contribution in [-0.4, -0.2) is 25.8 Å². The highest BCUT2D eigenvalue weighted by Crippen LogP contribution is 2.27. The standard InChI is InChI=1S/C24H18ClN5O/c1-30-22-8-5-15(11-21(22)28-29-30)12-23(31)17-3-2-4-19(13-17)27-24-20-14-18(25)7-6-16(20)9-10-26-24/h2-11,13-14H,12H2,1H3,(H,26,27). The van der Waals surface area contributed by atoms with Crippen molar-refractivity contribution in [3.63, 3.8) is 0 Å². The number of hydrogen-bond acceptors (Lipinski definition) is 5. The molecule has 2 heterocycles. The monoisotopic (exact) mass is 427 g/mol. The molecule has 0 amide bonds. The Morgan fingerprint density at radius 2 is 1.97 bits per heavy atom. The Morgan fingerprint density at radius 1 is 1.06 bits per heavy atom. The second-order valence-electron chi connectivity index (χ2n) is 7.37. The Hall–Kier alpha value is -3.77. The average molecular weight is 428 g/mol. The van der Waals surface area contributed by atoms with Crippen LogP contribution in [0.2, 0.25) is 5.02 Å². The van der Waals surface area contributed by atoms with Gasteiger partial charge in [-0.1, -0.05) is 41.1 Å². The van der Waals surface area contributed by atoms with E-state index in [1.807, 2.05) is 73.8 Å². The molecular formula is C24H18ClN5O. The zero-order valence-corrected chi connectivity index (χ0v) is 17.5. The minimum Gasteiger partial charge on any atom is -0.340 e. The second kappa shape index (κ2) is 7.81. The number of carbonyl (C=O) groups excluding carboxylic acids is 1. The van der Waals surface area contributed by atoms with E-state index in [1.165, 1.54) is 0 Å². The molecule has 0 unspecified atom stereocenters. The molecule has 0 bridgehead atoms. The highest BCUT2D eigenvalue weighted by Gasteiger charge is 2.11. The molecule has 7 heteroatoms. The molecule has 0 aliphatic heterocycles. The molecule has 1 N–H and O–H groups in total. The molecule has 0 spiro atoms. The van der Waals surface area contributed by atoms with E-state index in [-0.39, 0.29) is 12.2 Å². The van der Waals surface area contributed by atoms with Crippen LogP contribution in [0.3, 0.4) is 0 Å². The molecule has 0 saturated heterocycles. The number of fused-ring (bicyclic) bond motifs is 2. The number of Topliss-reactive ketones (excluding diaryl/α,β-unsaturated/α-hetero) is 1. The third-order valence-corrected chi connectivity index (χ3v) is 5.45. The van der Waals surface area contributed by atoms with Gasteiger partial charge in [0.05, 0.1) is 5.52 Å². The number of ketones is 1. The molecular weight excluding hydrogens is 410 g/mol. The summed E-state index contributed by atoms with van der Waals surface area (Å²) < 4.78 is 1.71. The molecule has 0 radical (unpaired) electrons. The highest BCUT2D eigenvalue weighted by molar-refractivity contribution is 6.31. The van der Waals surface area contributed by atoms with Crippen molar-refractivity contribution < 1.29 is 4.79 Å². The number of aryl methyl sites for hydroxylation is 1. The first-order chi connectivity index (χ1) is 15.1. The van der Waals surface area contributed by atoms with Gasteiger partial charge in [0.15, 0.2) is 5.78 Å². The molecule has 0 saturated carbocycles. The Labute approximate surface area is 183 Å². The van der Waals surface area contributed by atoms with E-state index in [9.17, 15) is 4.79 Å². The molecule has 0 aliphatic rings. The maximum absolute atomic E-state index is 12.9. The molecule has 6 nitrogen and oxygen atoms in total. The highest BCUT2D eigenvalue weighted by atomic mass is 35.5. The van der Waals surface area contributed by atoms with Crippen LogP contribution in [0.15, 0.2) is 72.9 Å². The molecule has 0 aliphatic carbocycles. The molecule has 5 aromatic rings. The van der Waals surface area contributed by atoms with Crippen LogP contribution < -0.4 is 5.32 Å². The SMILES string of the molecule is Cn1nnc2cc(CC(=O)c3cccc(Nc4nccc5ccc(Cl)cc45)c3)ccc21. The Bertz CT molecular complexity index is 1440. The van der Waals surface area contributed by atoms with E-state index >= 15 is 0 Å². The second-order valence-corrected chi connectivity index (χ2v) is 7.80. The van der Waals surface area contributed by atoms with Crippen molar-refractivity contribution >= 4 is 50.7 Å². The van der Waals surface area contributed by atoms with Gasteiger partial charge in [0.2, 0.25) is 0 Å². The van der Waals surface area contributed by atoms with E-state index in [0.29, 0.717) is 16.4 Å². The fraction of sp³-hybridized carbons (Fsp3) is 0.0833. The normalized spacial score (nSPS) is 11.2. The lowest BCUT2D eigenvalue weighted by Gasteiger charge is -2.10. The van der Waals surface area contributed by atoms with Gasteiger partial charge in [-0.3, -0.25) is 4.79 Å². The minimum atomic E-state index is 0.0285. The fourth-order valence-electron chi connectivity index (χ4n) is 3.63. The van der Waals surface area contributed by atoms with E-state index in [1.54, 1.807) is 10.9 Å². The van der Waals surface area contributed by atoms with Gasteiger partial charge in [0.1, 0.15) is 11.3 Å². The Balaban J connectivity index is 1.39. The van der Waals surface area contributed by atoms with E-state index in [2.05, 4.69) is 20.6 Å². The zero-order chi connectivity index (χ0) is 21.4. The number of aromatic nitrogens is 4. The Morgan fingerprint density at radius 3 is 2.87 bits per heavy atom. The average Bonchev–Trinajstić information content (AvgIpc) is 3.14. The largest absolute Gasteiger partial charge is 0.340 e. The fourth-order valence-corrected chi connectivity index (χ4v) is 3.80. The summed E-state index contributed by atoms with van der Waals surface area (Å²) in [5, 5.41) is 14.1. The number of rotatable bonds is 5. The summed E-state index contributed by atoms with van der Waals surface area (Å²) in [6.07, 6.45) is 2.04. The van der Waals surface area contributed by atoms with Crippen molar-refractivity contribution in [3.05, 3.63) is 89.1 Å². The van der Waals surface area contributed by atoms with E-state index in [4.69, 9.17) is 11.6 Å². The first kappa shape index (κ1) is 19.2. The van der Waals surface area contributed by atoms with Gasteiger partial charge in [0.25, 0.3) is 0 Å². The zero-order valence-electron chi connectivity index (χ0n) is 16.7. The van der Waals surface area contributed by atoms with Gasteiger partial charge < -0.3 is 5.32 Å². The molecule has 152 valence electrons. The number of nitrogens with zero attached hydrogens (tertiary/aromatic N) is 4. The van der Waals surface area contributed by atoms with Gasteiger partial charge >= 0.3 is 0 Å². The van der Waals surface area contributed by atoms with E-state index in [0.717, 1.165) is 33.1 Å². The summed E-state index contributed by atoms with van der Waals surface area (Å²) in [6, 6.07) is 20.8. The van der Waals surface area contributed by atoms with Crippen molar-refractivity contribution in [2.24, 2.45) is 7.05 Å². The lowest BCUT2D eigenvalue weighted by molar-refractivity contribution is 0.0993. The quantitative estimate of drug-likeness (QED) is 0.383. The summed E-state index contributed by atoms with van der Waals surface area (Å²) in [4.78, 5) is 17.4. The number of hydrogen-bond donors (Lipinski definition) is 1. The first-order valence-electron chi connectivity index (χ1n) is 9.80. The first-order valence-corrected chi connectivity index (χ1v) is 10.2. The molecule has 5 rings (SSSR count). The lowest BCUT2D eigenvalue weighted by atomic mass is 10.0. The molecule has 31 heavy (non-hydrogen) atoms. The predicted molar refractivity (Wildman–Crippen MR) is 123 cm³/mol. The van der Waals surface area contributed by atoms with Crippen LogP contribution in [0, 0.1) is 0 Å². The summed E-state index contributed by atoms with van der Waals surface area (Å²) in [7, 11) is 1.84. The van der Waals surface area contributed by atoms with Gasteiger partial charge in [-0.25, -0.2) is 9.67 Å². The van der Waals surface area contributed by atoms with Gasteiger partial charge in [0, 0.05) is 41.3 Å². The van der Waals surface area contributed by atoms with Crippen molar-refractivity contribution in [2.45, 2.75) is 6.42 Å². The van der Waals surface area contributed by atoms with Crippen molar-refractivity contribution in [2.75, 3.05) is 5.32 Å². The number of anilines is 2. The van der Waals surface area contributed by atoms with Crippen LogP contribution in [0.5, 0.6) is 0 Å². The number of carbonyl (C=O) groups is 1. The minimum absolute atomic E-state index is 0.0285. The smallest absolute Gasteiger partial charge is 0.167 e. The van der Waals surface area contributed by atoms with Gasteiger partial charge in [-0.2, -0.15) is 0 Å². The summed E-state index contributed by atoms with van der Waals surface area (Å²) >= 11 is 6.17. The number of halogens is 1. The van der Waals surface area contributed by atoms with Crippen molar-refractivity contribution in [3.8, 4) is 0 Å².